The van der Waals surface area contributed by atoms with Crippen LogP contribution in [0.3, 0.4) is 0 Å². The Morgan fingerprint density at radius 2 is 1.15 bits per heavy atom. The summed E-state index contributed by atoms with van der Waals surface area (Å²) in [5, 5.41) is 0. The second-order valence-corrected chi connectivity index (χ2v) is 11.7. The molecule has 0 aromatic heterocycles. The number of allylic oxidation sites excluding steroid dienone is 2. The van der Waals surface area contributed by atoms with Crippen molar-refractivity contribution >= 4 is 46.9 Å². The lowest BCUT2D eigenvalue weighted by atomic mass is 9.55. The minimum absolute atomic E-state index is 0.163. The smallest absolute Gasteiger partial charge is 0.316 e. The highest BCUT2D eigenvalue weighted by molar-refractivity contribution is 6.26. The van der Waals surface area contributed by atoms with Crippen molar-refractivity contribution in [2.24, 2.45) is 46.3 Å². The van der Waals surface area contributed by atoms with Gasteiger partial charge < -0.3 is 9.47 Å². The van der Waals surface area contributed by atoms with Gasteiger partial charge in [0.25, 0.3) is 0 Å². The van der Waals surface area contributed by atoms with E-state index < -0.39 is 70.1 Å². The third-order valence-corrected chi connectivity index (χ3v) is 10.3. The number of esters is 2. The van der Waals surface area contributed by atoms with E-state index >= 15 is 0 Å². The Balaban J connectivity index is 1.25. The third kappa shape index (κ3) is 2.83. The van der Waals surface area contributed by atoms with Gasteiger partial charge in [0.1, 0.15) is 0 Å². The van der Waals surface area contributed by atoms with Gasteiger partial charge in [-0.05, 0) is 55.7 Å². The molecule has 2 aliphatic heterocycles. The van der Waals surface area contributed by atoms with Gasteiger partial charge in [-0.15, -0.1) is 0 Å². The van der Waals surface area contributed by atoms with Gasteiger partial charge in [0.15, 0.2) is 0 Å². The molecular weight excluding hydrogens is 516 g/mol. The highest BCUT2D eigenvalue weighted by Gasteiger charge is 2.67. The van der Waals surface area contributed by atoms with Crippen molar-refractivity contribution in [1.29, 1.82) is 0 Å². The molecular formula is C30H28N2O8. The quantitative estimate of drug-likeness (QED) is 0.321. The SMILES string of the molecule is COC(=O)[C@]12C=C[C@@H](CC1)[C@H]1C(=O)N(c3cccc(N4C(=O)[C@@H]5[C@H]6C=C[C@](C(=O)OC)(CC6)[C@H]5C4=O)c3)C(=O)[C@H]12. The van der Waals surface area contributed by atoms with Crippen LogP contribution < -0.4 is 9.80 Å². The first-order valence-corrected chi connectivity index (χ1v) is 13.6. The maximum atomic E-state index is 13.8. The van der Waals surface area contributed by atoms with Crippen molar-refractivity contribution in [1.82, 2.24) is 0 Å². The van der Waals surface area contributed by atoms with Crippen LogP contribution in [0.5, 0.6) is 0 Å². The molecule has 0 N–H and O–H groups in total. The van der Waals surface area contributed by atoms with E-state index in [1.54, 1.807) is 30.4 Å². The summed E-state index contributed by atoms with van der Waals surface area (Å²) in [6, 6.07) is 6.23. The molecule has 0 spiro atoms. The number of hydrogen-bond donors (Lipinski definition) is 0. The largest absolute Gasteiger partial charge is 0.468 e. The van der Waals surface area contributed by atoms with Crippen LogP contribution in [0.1, 0.15) is 25.7 Å². The van der Waals surface area contributed by atoms with Gasteiger partial charge in [-0.3, -0.25) is 28.8 Å². The van der Waals surface area contributed by atoms with Crippen LogP contribution in [0.25, 0.3) is 0 Å². The zero-order chi connectivity index (χ0) is 28.1. The highest BCUT2D eigenvalue weighted by atomic mass is 16.5. The minimum Gasteiger partial charge on any atom is -0.468 e. The number of anilines is 2. The van der Waals surface area contributed by atoms with Crippen LogP contribution in [0, 0.1) is 46.3 Å². The number of hydrogen-bond acceptors (Lipinski definition) is 8. The van der Waals surface area contributed by atoms with Gasteiger partial charge in [-0.2, -0.15) is 0 Å². The summed E-state index contributed by atoms with van der Waals surface area (Å²) in [7, 11) is 2.55. The zero-order valence-electron chi connectivity index (χ0n) is 22.1. The fraction of sp³-hybridized carbons (Fsp3) is 0.467. The summed E-state index contributed by atoms with van der Waals surface area (Å²) in [5.41, 5.74) is -1.95. The van der Waals surface area contributed by atoms with E-state index in [0.29, 0.717) is 25.7 Å². The van der Waals surface area contributed by atoms with Crippen LogP contribution in [-0.2, 0) is 38.2 Å². The van der Waals surface area contributed by atoms with Crippen molar-refractivity contribution in [3.05, 3.63) is 48.6 Å². The number of carbonyl (C=O) groups is 6. The molecule has 2 saturated carbocycles. The number of nitrogens with zero attached hydrogens (tertiary/aromatic N) is 2. The number of fused-ring (bicyclic) bond motifs is 2. The number of rotatable bonds is 4. The van der Waals surface area contributed by atoms with E-state index in [-0.39, 0.29) is 23.2 Å². The number of amides is 4. The van der Waals surface area contributed by atoms with Crippen LogP contribution in [0.2, 0.25) is 0 Å². The summed E-state index contributed by atoms with van der Waals surface area (Å²) in [6.07, 6.45) is 9.17. The Morgan fingerprint density at radius 1 is 0.725 bits per heavy atom. The van der Waals surface area contributed by atoms with Crippen molar-refractivity contribution < 1.29 is 38.2 Å². The lowest BCUT2D eigenvalue weighted by molar-refractivity contribution is -0.161. The first-order valence-electron chi connectivity index (χ1n) is 13.6. The second kappa shape index (κ2) is 8.22. The Hall–Kier alpha value is -4.08. The fourth-order valence-corrected chi connectivity index (χ4v) is 8.46. The van der Waals surface area contributed by atoms with E-state index in [0.717, 1.165) is 9.80 Å². The van der Waals surface area contributed by atoms with Crippen LogP contribution in [0.15, 0.2) is 48.6 Å². The Morgan fingerprint density at radius 3 is 1.50 bits per heavy atom. The van der Waals surface area contributed by atoms with Gasteiger partial charge in [-0.25, -0.2) is 9.80 Å². The standard InChI is InChI=1S/C30H28N2O8/c1-39-27(37)29-10-6-15(7-11-29)19-21(29)25(35)31(23(19)33)17-4-3-5-18(14-17)32-24(34)20-16-8-12-30(13-9-16,28(38)40-2)22(20)26(32)36/h3-6,8,10,12,14-16,19-22H,7,9,11,13H2,1-2H3/t15-,16-,19+,20+,21-,22+,29+,30-/m0/s1. The van der Waals surface area contributed by atoms with Crippen molar-refractivity contribution in [3.8, 4) is 0 Å². The summed E-state index contributed by atoms with van der Waals surface area (Å²) in [5.74, 6) is -6.33. The topological polar surface area (TPSA) is 127 Å². The molecule has 4 amide bonds. The average molecular weight is 545 g/mol. The molecule has 2 saturated heterocycles. The lowest BCUT2D eigenvalue weighted by Crippen LogP contribution is -2.51. The monoisotopic (exact) mass is 544 g/mol. The van der Waals surface area contributed by atoms with Crippen LogP contribution >= 0.6 is 0 Å². The van der Waals surface area contributed by atoms with E-state index in [1.165, 1.54) is 20.3 Å². The Labute approximate surface area is 229 Å². The van der Waals surface area contributed by atoms with E-state index in [2.05, 4.69) is 0 Å². The van der Waals surface area contributed by atoms with Crippen LogP contribution in [-0.4, -0.2) is 49.8 Å². The van der Waals surface area contributed by atoms with Gasteiger partial charge >= 0.3 is 11.9 Å². The summed E-state index contributed by atoms with van der Waals surface area (Å²) < 4.78 is 10.1. The number of imide groups is 2. The van der Waals surface area contributed by atoms with Crippen molar-refractivity contribution in [2.75, 3.05) is 24.0 Å². The third-order valence-electron chi connectivity index (χ3n) is 10.3. The van der Waals surface area contributed by atoms with E-state index in [1.807, 2.05) is 12.2 Å². The normalized spacial score (nSPS) is 38.6. The molecule has 9 rings (SSSR count). The zero-order valence-corrected chi connectivity index (χ0v) is 22.1. The molecule has 0 radical (unpaired) electrons. The van der Waals surface area contributed by atoms with Crippen LogP contribution in [0.4, 0.5) is 11.4 Å². The van der Waals surface area contributed by atoms with Gasteiger partial charge in [-0.1, -0.05) is 30.4 Å². The molecule has 6 aliphatic carbocycles. The number of methoxy groups -OCH3 is 2. The van der Waals surface area contributed by atoms with E-state index in [4.69, 9.17) is 9.47 Å². The van der Waals surface area contributed by atoms with Crippen molar-refractivity contribution in [2.45, 2.75) is 25.7 Å². The summed E-state index contributed by atoms with van der Waals surface area (Å²) in [4.78, 5) is 83.0. The molecule has 4 bridgehead atoms. The maximum absolute atomic E-state index is 13.8. The van der Waals surface area contributed by atoms with E-state index in [9.17, 15) is 28.8 Å². The molecule has 2 heterocycles. The predicted molar refractivity (Wildman–Crippen MR) is 138 cm³/mol. The Kier molecular flexibility index (Phi) is 5.12. The first-order chi connectivity index (χ1) is 19.2. The molecule has 10 nitrogen and oxygen atoms in total. The number of ether oxygens (including phenoxy) is 2. The lowest BCUT2D eigenvalue weighted by Gasteiger charge is -2.45. The highest BCUT2D eigenvalue weighted by Crippen LogP contribution is 2.59. The molecule has 10 heteroatoms. The molecule has 0 unspecified atom stereocenters. The minimum atomic E-state index is -1.20. The van der Waals surface area contributed by atoms with Gasteiger partial charge in [0, 0.05) is 0 Å². The average Bonchev–Trinajstić information content (AvgIpc) is 3.44. The first kappa shape index (κ1) is 24.9. The molecule has 206 valence electrons. The van der Waals surface area contributed by atoms with Crippen molar-refractivity contribution in [3.63, 3.8) is 0 Å². The summed E-state index contributed by atoms with van der Waals surface area (Å²) >= 11 is 0. The molecule has 4 fully saturated rings. The summed E-state index contributed by atoms with van der Waals surface area (Å²) in [6.45, 7) is 0. The Bertz CT molecular complexity index is 1370. The number of carbonyl (C=O) groups excluding carboxylic acids is 6. The fourth-order valence-electron chi connectivity index (χ4n) is 8.46. The maximum Gasteiger partial charge on any atom is 0.316 e. The van der Waals surface area contributed by atoms with Gasteiger partial charge in [0.05, 0.1) is 60.1 Å². The predicted octanol–water partition coefficient (Wildman–Crippen LogP) is 2.18. The molecule has 1 aromatic carbocycles. The van der Waals surface area contributed by atoms with Gasteiger partial charge in [0.2, 0.25) is 23.6 Å². The molecule has 1 aromatic rings. The molecule has 40 heavy (non-hydrogen) atoms. The molecule has 8 atom stereocenters. The molecule has 8 aliphatic rings. The second-order valence-electron chi connectivity index (χ2n) is 11.7. The number of benzene rings is 1.